The minimum Gasteiger partial charge on any atom is -0.210 e. The van der Waals surface area contributed by atoms with Gasteiger partial charge in [0.05, 0.1) is 0 Å². The predicted molar refractivity (Wildman–Crippen MR) is 85.7 cm³/mol. The Balaban J connectivity index is 1.61. The first-order valence-electron chi connectivity index (χ1n) is 9.48. The third kappa shape index (κ3) is 5.53. The second-order valence-corrected chi connectivity index (χ2v) is 7.64. The smallest absolute Gasteiger partial charge is 0.210 e. The van der Waals surface area contributed by atoms with Crippen molar-refractivity contribution in [3.63, 3.8) is 0 Å². The normalized spacial score (nSPS) is 34.3. The van der Waals surface area contributed by atoms with E-state index >= 15 is 0 Å². The summed E-state index contributed by atoms with van der Waals surface area (Å²) in [6.07, 6.45) is 14.2. The summed E-state index contributed by atoms with van der Waals surface area (Å²) in [4.78, 5) is 0. The molecule has 124 valence electrons. The van der Waals surface area contributed by atoms with Crippen LogP contribution in [0.3, 0.4) is 0 Å². The van der Waals surface area contributed by atoms with Crippen LogP contribution in [0.4, 0.5) is 8.78 Å². The van der Waals surface area contributed by atoms with E-state index in [1.807, 2.05) is 0 Å². The average molecular weight is 300 g/mol. The summed E-state index contributed by atoms with van der Waals surface area (Å²) < 4.78 is 25.4. The zero-order valence-corrected chi connectivity index (χ0v) is 13.8. The van der Waals surface area contributed by atoms with E-state index in [-0.39, 0.29) is 5.92 Å². The van der Waals surface area contributed by atoms with Crippen LogP contribution in [0.25, 0.3) is 0 Å². The maximum atomic E-state index is 12.7. The fraction of sp³-hybridized carbons (Fsp3) is 1.00. The Hall–Kier alpha value is -0.140. The summed E-state index contributed by atoms with van der Waals surface area (Å²) >= 11 is 0. The molecule has 2 aliphatic rings. The molecule has 0 amide bonds. The largest absolute Gasteiger partial charge is 0.241 e. The number of unbranched alkanes of at least 4 members (excludes halogenated alkanes) is 3. The van der Waals surface area contributed by atoms with Crippen LogP contribution < -0.4 is 0 Å². The highest BCUT2D eigenvalue weighted by molar-refractivity contribution is 4.82. The molecular formula is C19H34F2. The van der Waals surface area contributed by atoms with Crippen LogP contribution in [0.1, 0.15) is 90.4 Å². The minimum atomic E-state index is -2.08. The van der Waals surface area contributed by atoms with Crippen molar-refractivity contribution in [2.24, 2.45) is 23.7 Å². The molecule has 0 saturated heterocycles. The van der Waals surface area contributed by atoms with Gasteiger partial charge in [0.1, 0.15) is 0 Å². The molecule has 0 nitrogen and oxygen atoms in total. The maximum absolute atomic E-state index is 12.7. The Morgan fingerprint density at radius 1 is 0.762 bits per heavy atom. The first kappa shape index (κ1) is 17.2. The predicted octanol–water partition coefficient (Wildman–Crippen LogP) is 6.83. The van der Waals surface area contributed by atoms with Crippen LogP contribution in [-0.2, 0) is 0 Å². The van der Waals surface area contributed by atoms with Gasteiger partial charge in [0.15, 0.2) is 0 Å². The zero-order valence-electron chi connectivity index (χ0n) is 13.8. The van der Waals surface area contributed by atoms with Crippen molar-refractivity contribution >= 4 is 0 Å². The second kappa shape index (κ2) is 9.10. The van der Waals surface area contributed by atoms with Gasteiger partial charge in [0.25, 0.3) is 0 Å². The lowest BCUT2D eigenvalue weighted by Crippen LogP contribution is -2.27. The van der Waals surface area contributed by atoms with Crippen molar-refractivity contribution in [1.82, 2.24) is 0 Å². The summed E-state index contributed by atoms with van der Waals surface area (Å²) in [5.41, 5.74) is 0. The lowest BCUT2D eigenvalue weighted by atomic mass is 9.68. The maximum Gasteiger partial charge on any atom is 0.241 e. The van der Waals surface area contributed by atoms with Crippen LogP contribution in [0, 0.1) is 23.7 Å². The third-order valence-corrected chi connectivity index (χ3v) is 6.20. The van der Waals surface area contributed by atoms with E-state index in [0.717, 1.165) is 43.4 Å². The summed E-state index contributed by atoms with van der Waals surface area (Å²) in [5.74, 6) is 2.29. The molecule has 2 saturated carbocycles. The number of hydrogen-bond donors (Lipinski definition) is 0. The molecule has 0 aromatic rings. The highest BCUT2D eigenvalue weighted by Crippen LogP contribution is 2.43. The van der Waals surface area contributed by atoms with Crippen molar-refractivity contribution in [1.29, 1.82) is 0 Å². The molecule has 0 atom stereocenters. The molecule has 2 rings (SSSR count). The van der Waals surface area contributed by atoms with Gasteiger partial charge in [-0.2, -0.15) is 0 Å². The van der Waals surface area contributed by atoms with Crippen LogP contribution in [-0.4, -0.2) is 6.43 Å². The lowest BCUT2D eigenvalue weighted by Gasteiger charge is -2.37. The monoisotopic (exact) mass is 300 g/mol. The second-order valence-electron chi connectivity index (χ2n) is 7.64. The number of hydrogen-bond acceptors (Lipinski definition) is 0. The molecule has 0 spiro atoms. The average Bonchev–Trinajstić information content (AvgIpc) is 2.52. The molecule has 0 heterocycles. The van der Waals surface area contributed by atoms with Crippen LogP contribution in [0.5, 0.6) is 0 Å². The molecular weight excluding hydrogens is 266 g/mol. The molecule has 2 heteroatoms. The van der Waals surface area contributed by atoms with Crippen molar-refractivity contribution in [2.75, 3.05) is 0 Å². The Kier molecular flexibility index (Phi) is 7.46. The van der Waals surface area contributed by atoms with E-state index in [9.17, 15) is 8.78 Å². The summed E-state index contributed by atoms with van der Waals surface area (Å²) in [5, 5.41) is 0. The van der Waals surface area contributed by atoms with Crippen molar-refractivity contribution in [3.8, 4) is 0 Å². The summed E-state index contributed by atoms with van der Waals surface area (Å²) in [6.45, 7) is 2.27. The van der Waals surface area contributed by atoms with E-state index < -0.39 is 6.43 Å². The van der Waals surface area contributed by atoms with Gasteiger partial charge in [-0.05, 0) is 56.3 Å². The van der Waals surface area contributed by atoms with Gasteiger partial charge in [-0.25, -0.2) is 8.78 Å². The van der Waals surface area contributed by atoms with Gasteiger partial charge < -0.3 is 0 Å². The lowest BCUT2D eigenvalue weighted by molar-refractivity contribution is 0.0339. The third-order valence-electron chi connectivity index (χ3n) is 6.20. The van der Waals surface area contributed by atoms with E-state index in [1.54, 1.807) is 0 Å². The molecule has 2 aliphatic carbocycles. The highest BCUT2D eigenvalue weighted by Gasteiger charge is 2.33. The van der Waals surface area contributed by atoms with E-state index in [4.69, 9.17) is 0 Å². The van der Waals surface area contributed by atoms with Gasteiger partial charge in [0.2, 0.25) is 6.43 Å². The van der Waals surface area contributed by atoms with E-state index in [2.05, 4.69) is 6.92 Å². The molecule has 0 aromatic heterocycles. The van der Waals surface area contributed by atoms with Crippen molar-refractivity contribution < 1.29 is 8.78 Å². The number of rotatable bonds is 7. The SMILES string of the molecule is CCCCCCC1CCC(C2CCC(C(F)F)CC2)CC1. The standard InChI is InChI=1S/C19H34F2/c1-2-3-4-5-6-15-7-9-16(10-8-15)17-11-13-18(14-12-17)19(20)21/h15-19H,2-14H2,1H3. The topological polar surface area (TPSA) is 0 Å². The fourth-order valence-electron chi connectivity index (χ4n) is 4.68. The molecule has 0 aromatic carbocycles. The Morgan fingerprint density at radius 2 is 1.33 bits per heavy atom. The Bertz CT molecular complexity index is 261. The fourth-order valence-corrected chi connectivity index (χ4v) is 4.68. The first-order valence-corrected chi connectivity index (χ1v) is 9.48. The molecule has 21 heavy (non-hydrogen) atoms. The van der Waals surface area contributed by atoms with E-state index in [0.29, 0.717) is 0 Å². The molecule has 0 unspecified atom stereocenters. The van der Waals surface area contributed by atoms with Gasteiger partial charge in [-0.15, -0.1) is 0 Å². The van der Waals surface area contributed by atoms with Crippen LogP contribution in [0.15, 0.2) is 0 Å². The van der Waals surface area contributed by atoms with Gasteiger partial charge in [0, 0.05) is 5.92 Å². The van der Waals surface area contributed by atoms with Crippen LogP contribution in [0.2, 0.25) is 0 Å². The first-order chi connectivity index (χ1) is 10.2. The van der Waals surface area contributed by atoms with Crippen molar-refractivity contribution in [2.45, 2.75) is 96.8 Å². The minimum absolute atomic E-state index is 0.295. The van der Waals surface area contributed by atoms with Gasteiger partial charge in [-0.3, -0.25) is 0 Å². The molecule has 2 fully saturated rings. The Labute approximate surface area is 130 Å². The van der Waals surface area contributed by atoms with Gasteiger partial charge in [-0.1, -0.05) is 51.9 Å². The summed E-state index contributed by atoms with van der Waals surface area (Å²) in [7, 11) is 0. The summed E-state index contributed by atoms with van der Waals surface area (Å²) in [6, 6.07) is 0. The number of alkyl halides is 2. The zero-order chi connectivity index (χ0) is 15.1. The number of halogens is 2. The molecule has 0 bridgehead atoms. The van der Waals surface area contributed by atoms with Gasteiger partial charge >= 0.3 is 0 Å². The highest BCUT2D eigenvalue weighted by atomic mass is 19.3. The molecule has 0 N–H and O–H groups in total. The van der Waals surface area contributed by atoms with E-state index in [1.165, 1.54) is 57.8 Å². The van der Waals surface area contributed by atoms with Crippen molar-refractivity contribution in [3.05, 3.63) is 0 Å². The molecule has 0 aliphatic heterocycles. The Morgan fingerprint density at radius 3 is 1.86 bits per heavy atom. The quantitative estimate of drug-likeness (QED) is 0.452. The van der Waals surface area contributed by atoms with Crippen LogP contribution >= 0.6 is 0 Å². The molecule has 0 radical (unpaired) electrons.